The van der Waals surface area contributed by atoms with Gasteiger partial charge in [-0.15, -0.1) is 0 Å². The van der Waals surface area contributed by atoms with Crippen LogP contribution in [0.2, 0.25) is 0 Å². The number of aliphatic hydroxyl groups is 1. The molecule has 0 aromatic heterocycles. The molecule has 0 bridgehead atoms. The second-order valence-corrected chi connectivity index (χ2v) is 5.25. The van der Waals surface area contributed by atoms with Crippen molar-refractivity contribution in [3.63, 3.8) is 0 Å². The maximum Gasteiger partial charge on any atom is 0.290 e. The molecule has 0 radical (unpaired) electrons. The minimum Gasteiger partial charge on any atom is -0.550 e. The molecule has 6 heteroatoms. The number of aliphatic carboxylic acids is 1. The summed E-state index contributed by atoms with van der Waals surface area (Å²) >= 11 is 0. The zero-order valence-electron chi connectivity index (χ0n) is 12.3. The molecule has 0 fully saturated rings. The maximum absolute atomic E-state index is 12.1. The number of carboxylic acids is 1. The summed E-state index contributed by atoms with van der Waals surface area (Å²) in [6, 6.07) is 6.38. The van der Waals surface area contributed by atoms with Crippen LogP contribution >= 0.6 is 0 Å². The third kappa shape index (κ3) is 2.86. The molecule has 1 aromatic carbocycles. The molecule has 0 aliphatic carbocycles. The first kappa shape index (κ1) is 15.8. The van der Waals surface area contributed by atoms with Crippen molar-refractivity contribution in [1.82, 2.24) is 4.90 Å². The standard InChI is InChI=1S/C16H17NO5/c1-9-3-5-11(6-4-9)14-13(10(2)18)15(21)16(22)17(14)8-7-12(19)20/h3-6,14,21H,7-8H2,1-2H3,(H,19,20)/p-1/t14-/m1/s1. The van der Waals surface area contributed by atoms with Crippen molar-refractivity contribution in [1.29, 1.82) is 0 Å². The summed E-state index contributed by atoms with van der Waals surface area (Å²) in [5.41, 5.74) is 1.64. The first-order valence-corrected chi connectivity index (χ1v) is 6.84. The summed E-state index contributed by atoms with van der Waals surface area (Å²) in [4.78, 5) is 35.8. The van der Waals surface area contributed by atoms with Crippen molar-refractivity contribution >= 4 is 17.7 Å². The number of carboxylic acid groups (broad SMARTS) is 1. The van der Waals surface area contributed by atoms with Gasteiger partial charge in [-0.2, -0.15) is 0 Å². The van der Waals surface area contributed by atoms with Crippen molar-refractivity contribution in [3.05, 3.63) is 46.7 Å². The highest BCUT2D eigenvalue weighted by molar-refractivity contribution is 6.08. The largest absolute Gasteiger partial charge is 0.550 e. The van der Waals surface area contributed by atoms with E-state index in [1.165, 1.54) is 11.8 Å². The average molecular weight is 302 g/mol. The number of Topliss-reactive ketones (excluding diaryl/α,β-unsaturated/α-hetero) is 1. The minimum atomic E-state index is -1.30. The van der Waals surface area contributed by atoms with Crippen LogP contribution in [0.4, 0.5) is 0 Å². The Morgan fingerprint density at radius 2 is 1.86 bits per heavy atom. The number of aliphatic hydroxyl groups excluding tert-OH is 1. The normalized spacial score (nSPS) is 18.0. The lowest BCUT2D eigenvalue weighted by Gasteiger charge is -2.26. The predicted molar refractivity (Wildman–Crippen MR) is 75.6 cm³/mol. The summed E-state index contributed by atoms with van der Waals surface area (Å²) in [7, 11) is 0. The highest BCUT2D eigenvalue weighted by Crippen LogP contribution is 2.37. The lowest BCUT2D eigenvalue weighted by molar-refractivity contribution is -0.305. The van der Waals surface area contributed by atoms with E-state index in [2.05, 4.69) is 0 Å². The molecule has 1 aliphatic rings. The van der Waals surface area contributed by atoms with Gasteiger partial charge in [0, 0.05) is 18.9 Å². The van der Waals surface area contributed by atoms with Crippen LogP contribution in [0, 0.1) is 6.92 Å². The molecule has 22 heavy (non-hydrogen) atoms. The van der Waals surface area contributed by atoms with Crippen LogP contribution in [0.15, 0.2) is 35.6 Å². The SMILES string of the molecule is CC(=O)C1=C(O)C(=O)N(CCC(=O)[O-])[C@@H]1c1ccc(C)cc1. The fourth-order valence-corrected chi connectivity index (χ4v) is 2.55. The number of hydrogen-bond donors (Lipinski definition) is 1. The Morgan fingerprint density at radius 3 is 2.36 bits per heavy atom. The van der Waals surface area contributed by atoms with Crippen LogP contribution in [0.1, 0.15) is 30.5 Å². The zero-order valence-corrected chi connectivity index (χ0v) is 12.3. The van der Waals surface area contributed by atoms with Crippen LogP contribution in [-0.2, 0) is 14.4 Å². The van der Waals surface area contributed by atoms with Crippen LogP contribution in [0.3, 0.4) is 0 Å². The van der Waals surface area contributed by atoms with Crippen LogP contribution in [0.25, 0.3) is 0 Å². The molecule has 1 atom stereocenters. The number of hydrogen-bond acceptors (Lipinski definition) is 5. The van der Waals surface area contributed by atoms with Gasteiger partial charge in [-0.25, -0.2) is 0 Å². The summed E-state index contributed by atoms with van der Waals surface area (Å²) < 4.78 is 0. The maximum atomic E-state index is 12.1. The summed E-state index contributed by atoms with van der Waals surface area (Å²) in [6.45, 7) is 3.03. The van der Waals surface area contributed by atoms with E-state index in [0.717, 1.165) is 5.56 Å². The fraction of sp³-hybridized carbons (Fsp3) is 0.312. The number of aryl methyl sites for hydroxylation is 1. The van der Waals surface area contributed by atoms with Gasteiger partial charge in [0.2, 0.25) is 0 Å². The van der Waals surface area contributed by atoms with Gasteiger partial charge in [0.1, 0.15) is 0 Å². The number of benzene rings is 1. The first-order valence-electron chi connectivity index (χ1n) is 6.84. The van der Waals surface area contributed by atoms with Gasteiger partial charge in [0.25, 0.3) is 5.91 Å². The van der Waals surface area contributed by atoms with E-state index in [-0.39, 0.29) is 18.5 Å². The molecule has 0 unspecified atom stereocenters. The molecule has 1 aliphatic heterocycles. The molecule has 1 aromatic rings. The smallest absolute Gasteiger partial charge is 0.290 e. The topological polar surface area (TPSA) is 97.7 Å². The van der Waals surface area contributed by atoms with Crippen molar-refractivity contribution in [2.45, 2.75) is 26.3 Å². The van der Waals surface area contributed by atoms with Crippen LogP contribution < -0.4 is 5.11 Å². The van der Waals surface area contributed by atoms with Gasteiger partial charge >= 0.3 is 0 Å². The Bertz CT molecular complexity index is 660. The highest BCUT2D eigenvalue weighted by atomic mass is 16.4. The van der Waals surface area contributed by atoms with E-state index in [1.54, 1.807) is 12.1 Å². The third-order valence-electron chi connectivity index (χ3n) is 3.63. The van der Waals surface area contributed by atoms with E-state index in [9.17, 15) is 24.6 Å². The second kappa shape index (κ2) is 6.01. The number of nitrogens with zero attached hydrogens (tertiary/aromatic N) is 1. The Labute approximate surface area is 127 Å². The molecule has 0 saturated carbocycles. The summed E-state index contributed by atoms with van der Waals surface area (Å²) in [5.74, 6) is -3.08. The van der Waals surface area contributed by atoms with E-state index in [0.29, 0.717) is 5.56 Å². The van der Waals surface area contributed by atoms with Crippen molar-refractivity contribution in [2.75, 3.05) is 6.54 Å². The number of amides is 1. The summed E-state index contributed by atoms with van der Waals surface area (Å²) in [5, 5.41) is 20.6. The Hall–Kier alpha value is -2.63. The Morgan fingerprint density at radius 1 is 1.27 bits per heavy atom. The van der Waals surface area contributed by atoms with E-state index in [4.69, 9.17) is 0 Å². The lowest BCUT2D eigenvalue weighted by atomic mass is 9.96. The lowest BCUT2D eigenvalue weighted by Crippen LogP contribution is -2.35. The predicted octanol–water partition coefficient (Wildman–Crippen LogP) is 0.419. The summed E-state index contributed by atoms with van der Waals surface area (Å²) in [6.07, 6.45) is -0.368. The van der Waals surface area contributed by atoms with Crippen molar-refractivity contribution < 1.29 is 24.6 Å². The van der Waals surface area contributed by atoms with Crippen LogP contribution in [0.5, 0.6) is 0 Å². The van der Waals surface area contributed by atoms with E-state index < -0.39 is 29.5 Å². The quantitative estimate of drug-likeness (QED) is 0.850. The van der Waals surface area contributed by atoms with Gasteiger partial charge in [-0.3, -0.25) is 9.59 Å². The monoisotopic (exact) mass is 302 g/mol. The van der Waals surface area contributed by atoms with Crippen molar-refractivity contribution in [3.8, 4) is 0 Å². The molecule has 116 valence electrons. The van der Waals surface area contributed by atoms with E-state index >= 15 is 0 Å². The van der Waals surface area contributed by atoms with Gasteiger partial charge < -0.3 is 19.9 Å². The third-order valence-corrected chi connectivity index (χ3v) is 3.63. The zero-order chi connectivity index (χ0) is 16.4. The first-order chi connectivity index (χ1) is 10.3. The Kier molecular flexibility index (Phi) is 4.30. The average Bonchev–Trinajstić information content (AvgIpc) is 2.70. The van der Waals surface area contributed by atoms with Gasteiger partial charge in [0.15, 0.2) is 11.5 Å². The molecule has 6 nitrogen and oxygen atoms in total. The van der Waals surface area contributed by atoms with Gasteiger partial charge in [-0.1, -0.05) is 29.8 Å². The fourth-order valence-electron chi connectivity index (χ4n) is 2.55. The number of ketones is 1. The van der Waals surface area contributed by atoms with Gasteiger partial charge in [0.05, 0.1) is 11.6 Å². The molecular weight excluding hydrogens is 286 g/mol. The van der Waals surface area contributed by atoms with Crippen LogP contribution in [-0.4, -0.2) is 34.2 Å². The molecule has 1 amide bonds. The van der Waals surface area contributed by atoms with Crippen molar-refractivity contribution in [2.24, 2.45) is 0 Å². The molecule has 1 heterocycles. The molecular formula is C16H16NO5-. The highest BCUT2D eigenvalue weighted by Gasteiger charge is 2.41. The number of rotatable bonds is 5. The van der Waals surface area contributed by atoms with E-state index in [1.807, 2.05) is 19.1 Å². The molecule has 0 saturated heterocycles. The van der Waals surface area contributed by atoms with Gasteiger partial charge in [-0.05, 0) is 19.4 Å². The molecule has 0 spiro atoms. The Balaban J connectivity index is 2.45. The molecule has 1 N–H and O–H groups in total. The minimum absolute atomic E-state index is 0.00722. The second-order valence-electron chi connectivity index (χ2n) is 5.25. The number of carbonyl (C=O) groups excluding carboxylic acids is 3. The number of carbonyl (C=O) groups is 3. The molecule has 2 rings (SSSR count).